The molecule has 0 aliphatic heterocycles. The van der Waals surface area contributed by atoms with Gasteiger partial charge in [-0.2, -0.15) is 0 Å². The van der Waals surface area contributed by atoms with Gasteiger partial charge >= 0.3 is 5.97 Å². The predicted octanol–water partition coefficient (Wildman–Crippen LogP) is 0.973. The molecule has 0 atom stereocenters. The molecule has 0 radical (unpaired) electrons. The molecule has 0 amide bonds. The zero-order chi connectivity index (χ0) is 13.2. The van der Waals surface area contributed by atoms with Gasteiger partial charge in [-0.05, 0) is 27.2 Å². The molecule has 0 heterocycles. The summed E-state index contributed by atoms with van der Waals surface area (Å²) in [6.07, 6.45) is 0.500. The maximum atomic E-state index is 9.82. The number of esters is 1. The first-order chi connectivity index (χ1) is 7.60. The molecule has 100 valence electrons. The molecule has 0 aromatic rings. The van der Waals surface area contributed by atoms with E-state index in [-0.39, 0.29) is 19.2 Å². The Morgan fingerprint density at radius 2 is 1.44 bits per heavy atom. The van der Waals surface area contributed by atoms with Gasteiger partial charge in [-0.1, -0.05) is 0 Å². The van der Waals surface area contributed by atoms with E-state index < -0.39 is 0 Å². The maximum Gasteiger partial charge on any atom is 0.302 e. The van der Waals surface area contributed by atoms with Gasteiger partial charge in [0.25, 0.3) is 0 Å². The van der Waals surface area contributed by atoms with Crippen LogP contribution in [0.5, 0.6) is 0 Å². The summed E-state index contributed by atoms with van der Waals surface area (Å²) < 4.78 is 9.24. The minimum Gasteiger partial charge on any atom is -0.466 e. The molecule has 0 aromatic heterocycles. The van der Waals surface area contributed by atoms with Crippen molar-refractivity contribution in [3.05, 3.63) is 0 Å². The third-order valence-corrected chi connectivity index (χ3v) is 1.07. The van der Waals surface area contributed by atoms with E-state index >= 15 is 0 Å². The van der Waals surface area contributed by atoms with E-state index in [1.165, 1.54) is 6.92 Å². The monoisotopic (exact) mass is 238 g/mol. The van der Waals surface area contributed by atoms with E-state index in [1.54, 1.807) is 6.92 Å². The van der Waals surface area contributed by atoms with E-state index in [2.05, 4.69) is 4.74 Å². The van der Waals surface area contributed by atoms with Crippen LogP contribution in [0.4, 0.5) is 0 Å². The standard InChI is InChI=1S/C4H8O2.C4H10O.C3H8O2/c1-3-6-4(2)5;1-3-5-4-2;4-2-1-3-5/h3H2,1-2H3;3-4H2,1-2H3;4-5H,1-3H2. The van der Waals surface area contributed by atoms with Crippen LogP contribution in [0.1, 0.15) is 34.1 Å². The molecule has 0 saturated heterocycles. The third-order valence-electron chi connectivity index (χ3n) is 1.07. The summed E-state index contributed by atoms with van der Waals surface area (Å²) in [5.41, 5.74) is 0. The summed E-state index contributed by atoms with van der Waals surface area (Å²) >= 11 is 0. The van der Waals surface area contributed by atoms with Crippen molar-refractivity contribution in [2.75, 3.05) is 33.0 Å². The minimum absolute atomic E-state index is 0.0938. The van der Waals surface area contributed by atoms with Crippen molar-refractivity contribution in [2.24, 2.45) is 0 Å². The van der Waals surface area contributed by atoms with Crippen LogP contribution < -0.4 is 0 Å². The van der Waals surface area contributed by atoms with Crippen LogP contribution in [-0.2, 0) is 14.3 Å². The molecular weight excluding hydrogens is 212 g/mol. The molecule has 0 aliphatic rings. The number of hydrogen-bond acceptors (Lipinski definition) is 5. The number of carbonyl (C=O) groups excluding carboxylic acids is 1. The topological polar surface area (TPSA) is 76.0 Å². The van der Waals surface area contributed by atoms with Crippen LogP contribution in [0.15, 0.2) is 0 Å². The second kappa shape index (κ2) is 23.9. The number of ether oxygens (including phenoxy) is 2. The van der Waals surface area contributed by atoms with Crippen molar-refractivity contribution in [1.29, 1.82) is 0 Å². The largest absolute Gasteiger partial charge is 0.466 e. The van der Waals surface area contributed by atoms with Crippen molar-refractivity contribution in [2.45, 2.75) is 34.1 Å². The highest BCUT2D eigenvalue weighted by Crippen LogP contribution is 1.69. The second-order valence-electron chi connectivity index (χ2n) is 2.51. The van der Waals surface area contributed by atoms with Crippen LogP contribution in [0.3, 0.4) is 0 Å². The van der Waals surface area contributed by atoms with E-state index in [0.29, 0.717) is 13.0 Å². The molecule has 0 rings (SSSR count). The fraction of sp³-hybridized carbons (Fsp3) is 0.909. The molecule has 0 bridgehead atoms. The van der Waals surface area contributed by atoms with Gasteiger partial charge in [-0.3, -0.25) is 4.79 Å². The average molecular weight is 238 g/mol. The fourth-order valence-corrected chi connectivity index (χ4v) is 0.478. The van der Waals surface area contributed by atoms with Gasteiger partial charge in [0.1, 0.15) is 0 Å². The molecule has 0 aromatic carbocycles. The highest BCUT2D eigenvalue weighted by Gasteiger charge is 1.81. The molecule has 0 spiro atoms. The van der Waals surface area contributed by atoms with E-state index in [9.17, 15) is 4.79 Å². The first kappa shape index (κ1) is 20.7. The number of rotatable bonds is 5. The van der Waals surface area contributed by atoms with Crippen LogP contribution >= 0.6 is 0 Å². The minimum atomic E-state index is -0.211. The quantitative estimate of drug-likeness (QED) is 0.698. The lowest BCUT2D eigenvalue weighted by atomic mass is 10.5. The van der Waals surface area contributed by atoms with Gasteiger partial charge in [0.05, 0.1) is 6.61 Å². The third kappa shape index (κ3) is 50.5. The second-order valence-corrected chi connectivity index (χ2v) is 2.51. The zero-order valence-electron chi connectivity index (χ0n) is 10.9. The fourth-order valence-electron chi connectivity index (χ4n) is 0.478. The first-order valence-electron chi connectivity index (χ1n) is 5.53. The molecule has 2 N–H and O–H groups in total. The summed E-state index contributed by atoms with van der Waals surface area (Å²) in [6.45, 7) is 9.51. The Morgan fingerprint density at radius 3 is 1.44 bits per heavy atom. The summed E-state index contributed by atoms with van der Waals surface area (Å²) in [4.78, 5) is 9.82. The lowest BCUT2D eigenvalue weighted by molar-refractivity contribution is -0.140. The summed E-state index contributed by atoms with van der Waals surface area (Å²) in [7, 11) is 0. The zero-order valence-corrected chi connectivity index (χ0v) is 10.9. The predicted molar refractivity (Wildman–Crippen MR) is 63.3 cm³/mol. The Kier molecular flexibility index (Phi) is 30.9. The molecular formula is C11H26O5. The van der Waals surface area contributed by atoms with Gasteiger partial charge < -0.3 is 19.7 Å². The molecule has 0 aliphatic carbocycles. The maximum absolute atomic E-state index is 9.82. The highest BCUT2D eigenvalue weighted by molar-refractivity contribution is 5.65. The van der Waals surface area contributed by atoms with Crippen molar-refractivity contribution < 1.29 is 24.5 Å². The van der Waals surface area contributed by atoms with Crippen LogP contribution in [0, 0.1) is 0 Å². The smallest absolute Gasteiger partial charge is 0.302 e. The van der Waals surface area contributed by atoms with Crippen LogP contribution in [-0.4, -0.2) is 49.2 Å². The number of hydrogen-bond donors (Lipinski definition) is 2. The van der Waals surface area contributed by atoms with Gasteiger partial charge in [0.15, 0.2) is 0 Å². The summed E-state index contributed by atoms with van der Waals surface area (Å²) in [5.74, 6) is -0.211. The van der Waals surface area contributed by atoms with Gasteiger partial charge in [0.2, 0.25) is 0 Å². The number of aliphatic hydroxyl groups excluding tert-OH is 2. The van der Waals surface area contributed by atoms with Crippen molar-refractivity contribution in [1.82, 2.24) is 0 Å². The lowest BCUT2D eigenvalue weighted by Gasteiger charge is -1.89. The number of carbonyl (C=O) groups is 1. The Labute approximate surface area is 98.4 Å². The molecule has 0 unspecified atom stereocenters. The Balaban J connectivity index is -0.000000160. The molecule has 16 heavy (non-hydrogen) atoms. The first-order valence-corrected chi connectivity index (χ1v) is 5.53. The lowest BCUT2D eigenvalue weighted by Crippen LogP contribution is -1.95. The SMILES string of the molecule is CCOC(C)=O.CCOCC.OCCCO. The Hall–Kier alpha value is -0.650. The van der Waals surface area contributed by atoms with E-state index in [0.717, 1.165) is 13.2 Å². The molecule has 5 nitrogen and oxygen atoms in total. The van der Waals surface area contributed by atoms with Crippen LogP contribution in [0.2, 0.25) is 0 Å². The average Bonchev–Trinajstić information content (AvgIpc) is 2.21. The molecule has 5 heteroatoms. The Morgan fingerprint density at radius 1 is 1.00 bits per heavy atom. The van der Waals surface area contributed by atoms with Crippen molar-refractivity contribution >= 4 is 5.97 Å². The summed E-state index contributed by atoms with van der Waals surface area (Å²) in [5, 5.41) is 15.8. The summed E-state index contributed by atoms with van der Waals surface area (Å²) in [6, 6.07) is 0. The van der Waals surface area contributed by atoms with Crippen LogP contribution in [0.25, 0.3) is 0 Å². The van der Waals surface area contributed by atoms with E-state index in [4.69, 9.17) is 14.9 Å². The van der Waals surface area contributed by atoms with E-state index in [1.807, 2.05) is 13.8 Å². The van der Waals surface area contributed by atoms with Crippen molar-refractivity contribution in [3.8, 4) is 0 Å². The molecule has 0 saturated carbocycles. The normalized spacial score (nSPS) is 8.12. The number of aliphatic hydroxyl groups is 2. The van der Waals surface area contributed by atoms with Gasteiger partial charge in [-0.25, -0.2) is 0 Å². The van der Waals surface area contributed by atoms with Gasteiger partial charge in [0, 0.05) is 33.4 Å². The van der Waals surface area contributed by atoms with Gasteiger partial charge in [-0.15, -0.1) is 0 Å². The molecule has 0 fully saturated rings. The highest BCUT2D eigenvalue weighted by atomic mass is 16.5. The Bertz CT molecular complexity index is 107. The van der Waals surface area contributed by atoms with Crippen molar-refractivity contribution in [3.63, 3.8) is 0 Å².